The van der Waals surface area contributed by atoms with Gasteiger partial charge in [0, 0.05) is 12.3 Å². The van der Waals surface area contributed by atoms with Crippen molar-refractivity contribution in [2.45, 2.75) is 63.6 Å². The van der Waals surface area contributed by atoms with Crippen molar-refractivity contribution in [1.82, 2.24) is 0 Å². The van der Waals surface area contributed by atoms with E-state index in [-0.39, 0.29) is 35.9 Å². The second-order valence-corrected chi connectivity index (χ2v) is 9.92. The first-order chi connectivity index (χ1) is 14.4. The molecule has 1 unspecified atom stereocenters. The smallest absolute Gasteiger partial charge is 0.310 e. The van der Waals surface area contributed by atoms with E-state index in [1.54, 1.807) is 0 Å². The topological polar surface area (TPSA) is 44.8 Å². The van der Waals surface area contributed by atoms with Crippen LogP contribution in [-0.4, -0.2) is 17.4 Å². The summed E-state index contributed by atoms with van der Waals surface area (Å²) in [4.78, 5) is 13.0. The molecule has 4 nitrogen and oxygen atoms in total. The van der Waals surface area contributed by atoms with Gasteiger partial charge < -0.3 is 14.2 Å². The van der Waals surface area contributed by atoms with Gasteiger partial charge in [0.2, 0.25) is 0 Å². The summed E-state index contributed by atoms with van der Waals surface area (Å²) in [7, 11) is 0. The number of benzene rings is 2. The van der Waals surface area contributed by atoms with Crippen LogP contribution in [0.3, 0.4) is 0 Å². The Hall–Kier alpha value is -2.17. The molecule has 5 rings (SSSR count). The number of esters is 1. The Morgan fingerprint density at radius 3 is 1.93 bits per heavy atom. The van der Waals surface area contributed by atoms with Crippen LogP contribution in [0.2, 0.25) is 0 Å². The molecule has 1 aliphatic heterocycles. The van der Waals surface area contributed by atoms with Gasteiger partial charge in [-0.1, -0.05) is 60.7 Å². The third-order valence-electron chi connectivity index (χ3n) is 6.76. The highest BCUT2D eigenvalue weighted by Gasteiger charge is 2.66. The Bertz CT molecular complexity index is 854. The van der Waals surface area contributed by atoms with Crippen molar-refractivity contribution in [3.63, 3.8) is 0 Å². The molecule has 1 heterocycles. The molecule has 30 heavy (non-hydrogen) atoms. The maximum absolute atomic E-state index is 13.0. The largest absolute Gasteiger partial charge is 0.460 e. The zero-order valence-corrected chi connectivity index (χ0v) is 17.9. The van der Waals surface area contributed by atoms with E-state index in [9.17, 15) is 4.79 Å². The highest BCUT2D eigenvalue weighted by atomic mass is 16.8. The number of fused-ring (bicyclic) bond motifs is 3. The van der Waals surface area contributed by atoms with Gasteiger partial charge in [-0.15, -0.1) is 0 Å². The Morgan fingerprint density at radius 1 is 0.900 bits per heavy atom. The molecule has 0 N–H and O–H groups in total. The predicted octanol–water partition coefficient (Wildman–Crippen LogP) is 5.60. The monoisotopic (exact) mass is 406 g/mol. The van der Waals surface area contributed by atoms with Crippen molar-refractivity contribution >= 4 is 5.97 Å². The summed E-state index contributed by atoms with van der Waals surface area (Å²) in [6, 6.07) is 20.6. The fourth-order valence-electron chi connectivity index (χ4n) is 5.67. The van der Waals surface area contributed by atoms with Crippen LogP contribution in [0.4, 0.5) is 0 Å². The number of ether oxygens (including phenoxy) is 3. The first-order valence-electron chi connectivity index (χ1n) is 11.0. The lowest BCUT2D eigenvalue weighted by Gasteiger charge is -2.33. The van der Waals surface area contributed by atoms with Crippen LogP contribution in [0.1, 0.15) is 63.4 Å². The Kier molecular flexibility index (Phi) is 4.75. The molecule has 4 heteroatoms. The molecule has 158 valence electrons. The Morgan fingerprint density at radius 2 is 1.43 bits per heavy atom. The minimum atomic E-state index is -0.717. The molecular weight excluding hydrogens is 376 g/mol. The third-order valence-corrected chi connectivity index (χ3v) is 6.76. The quantitative estimate of drug-likeness (QED) is 0.623. The Labute approximate surface area is 178 Å². The minimum Gasteiger partial charge on any atom is -0.460 e. The molecular formula is C26H30O4. The number of carbonyl (C=O) groups is 1. The summed E-state index contributed by atoms with van der Waals surface area (Å²) in [5.41, 5.74) is 1.74. The molecule has 2 saturated carbocycles. The molecule has 2 aromatic rings. The third kappa shape index (κ3) is 3.36. The van der Waals surface area contributed by atoms with Gasteiger partial charge in [0.1, 0.15) is 17.8 Å². The van der Waals surface area contributed by atoms with Crippen LogP contribution >= 0.6 is 0 Å². The van der Waals surface area contributed by atoms with E-state index in [0.717, 1.165) is 30.4 Å². The first-order valence-corrected chi connectivity index (χ1v) is 11.0. The summed E-state index contributed by atoms with van der Waals surface area (Å²) in [6.07, 6.45) is 2.36. The lowest BCUT2D eigenvalue weighted by Crippen LogP contribution is -2.39. The molecule has 0 amide bonds. The fraction of sp³-hybridized carbons (Fsp3) is 0.500. The standard InChI is InChI=1S/C26H30O4/c1-25(2,3)30-24(27)21-19-14-15-20(21)26(16-19)28-22(17-10-6-4-7-11-17)23(29-26)18-12-8-5-9-13-18/h4-13,19-23H,14-16H2,1-3H3/t19-,20-,21?,22+,23+/m0/s1. The van der Waals surface area contributed by atoms with E-state index >= 15 is 0 Å². The van der Waals surface area contributed by atoms with Gasteiger partial charge in [-0.25, -0.2) is 0 Å². The molecule has 1 saturated heterocycles. The molecule has 3 fully saturated rings. The number of carbonyl (C=O) groups excluding carboxylic acids is 1. The lowest BCUT2D eigenvalue weighted by molar-refractivity contribution is -0.213. The van der Waals surface area contributed by atoms with Gasteiger partial charge in [-0.3, -0.25) is 4.79 Å². The molecule has 2 bridgehead atoms. The summed E-state index contributed by atoms with van der Waals surface area (Å²) in [6.45, 7) is 5.78. The normalized spacial score (nSPS) is 31.9. The van der Waals surface area contributed by atoms with Crippen LogP contribution in [0.15, 0.2) is 60.7 Å². The summed E-state index contributed by atoms with van der Waals surface area (Å²) < 4.78 is 19.3. The number of rotatable bonds is 3. The van der Waals surface area contributed by atoms with E-state index in [0.29, 0.717) is 0 Å². The maximum Gasteiger partial charge on any atom is 0.310 e. The van der Waals surface area contributed by atoms with Gasteiger partial charge in [0.05, 0.1) is 5.92 Å². The maximum atomic E-state index is 13.0. The highest BCUT2D eigenvalue weighted by Crippen LogP contribution is 2.63. The fourth-order valence-corrected chi connectivity index (χ4v) is 5.67. The van der Waals surface area contributed by atoms with Gasteiger partial charge in [-0.05, 0) is 50.7 Å². The molecule has 3 aliphatic rings. The first kappa shape index (κ1) is 19.8. The minimum absolute atomic E-state index is 0.0391. The van der Waals surface area contributed by atoms with Crippen LogP contribution in [-0.2, 0) is 19.0 Å². The zero-order chi connectivity index (χ0) is 20.9. The van der Waals surface area contributed by atoms with Crippen LogP contribution in [0.5, 0.6) is 0 Å². The number of hydrogen-bond donors (Lipinski definition) is 0. The van der Waals surface area contributed by atoms with Crippen molar-refractivity contribution in [2.24, 2.45) is 17.8 Å². The summed E-state index contributed by atoms with van der Waals surface area (Å²) in [5, 5.41) is 0. The molecule has 5 atom stereocenters. The van der Waals surface area contributed by atoms with E-state index in [1.807, 2.05) is 57.2 Å². The van der Waals surface area contributed by atoms with Crippen molar-refractivity contribution in [3.05, 3.63) is 71.8 Å². The van der Waals surface area contributed by atoms with Crippen LogP contribution < -0.4 is 0 Å². The van der Waals surface area contributed by atoms with E-state index in [2.05, 4.69) is 24.3 Å². The van der Waals surface area contributed by atoms with Gasteiger partial charge in [0.25, 0.3) is 0 Å². The van der Waals surface area contributed by atoms with Crippen LogP contribution in [0.25, 0.3) is 0 Å². The second-order valence-electron chi connectivity index (χ2n) is 9.92. The van der Waals surface area contributed by atoms with E-state index in [4.69, 9.17) is 14.2 Å². The molecule has 0 radical (unpaired) electrons. The molecule has 1 spiro atoms. The van der Waals surface area contributed by atoms with Crippen LogP contribution in [0, 0.1) is 17.8 Å². The summed E-state index contributed by atoms with van der Waals surface area (Å²) in [5.74, 6) is -0.660. The van der Waals surface area contributed by atoms with Crippen molar-refractivity contribution in [1.29, 1.82) is 0 Å². The van der Waals surface area contributed by atoms with Crippen molar-refractivity contribution in [3.8, 4) is 0 Å². The van der Waals surface area contributed by atoms with Gasteiger partial charge in [-0.2, -0.15) is 0 Å². The average Bonchev–Trinajstić information content (AvgIpc) is 3.39. The van der Waals surface area contributed by atoms with Crippen molar-refractivity contribution in [2.75, 3.05) is 0 Å². The summed E-state index contributed by atoms with van der Waals surface area (Å²) >= 11 is 0. The second kappa shape index (κ2) is 7.21. The van der Waals surface area contributed by atoms with Gasteiger partial charge >= 0.3 is 5.97 Å². The Balaban J connectivity index is 1.47. The molecule has 2 aromatic carbocycles. The number of hydrogen-bond acceptors (Lipinski definition) is 4. The molecule has 0 aromatic heterocycles. The SMILES string of the molecule is CC(C)(C)OC(=O)C1[C@H]2CC[C@@H]1C1(C2)O[C@H](c2ccccc2)[C@@H](c2ccccc2)O1. The van der Waals surface area contributed by atoms with E-state index in [1.165, 1.54) is 0 Å². The van der Waals surface area contributed by atoms with E-state index < -0.39 is 11.4 Å². The average molecular weight is 407 g/mol. The molecule has 2 aliphatic carbocycles. The highest BCUT2D eigenvalue weighted by molar-refractivity contribution is 5.75. The predicted molar refractivity (Wildman–Crippen MR) is 113 cm³/mol. The van der Waals surface area contributed by atoms with Crippen molar-refractivity contribution < 1.29 is 19.0 Å². The van der Waals surface area contributed by atoms with Gasteiger partial charge in [0.15, 0.2) is 5.79 Å². The lowest BCUT2D eigenvalue weighted by atomic mass is 9.93. The zero-order valence-electron chi connectivity index (χ0n) is 17.9.